The average Bonchev–Trinajstić information content (AvgIpc) is 2.62. The van der Waals surface area contributed by atoms with Crippen molar-refractivity contribution in [2.24, 2.45) is 0 Å². The minimum atomic E-state index is -3.31. The van der Waals surface area contributed by atoms with Crippen molar-refractivity contribution in [2.45, 2.75) is 12.3 Å². The Morgan fingerprint density at radius 3 is 2.35 bits per heavy atom. The van der Waals surface area contributed by atoms with E-state index in [2.05, 4.69) is 12.1 Å². The number of hydrogen-bond donors (Lipinski definition) is 0. The monoisotopic (exact) mass is 329 g/mol. The second-order valence-corrected chi connectivity index (χ2v) is 7.68. The third-order valence-corrected chi connectivity index (χ3v) is 6.24. The minimum absolute atomic E-state index is 0.459. The molecule has 3 rings (SSSR count). The Morgan fingerprint density at radius 1 is 1.00 bits per heavy atom. The van der Waals surface area contributed by atoms with Gasteiger partial charge in [-0.1, -0.05) is 54.6 Å². The first kappa shape index (κ1) is 16.0. The number of fused-ring (bicyclic) bond motifs is 1. The lowest BCUT2D eigenvalue weighted by molar-refractivity contribution is 0.220. The maximum Gasteiger partial charge on any atom is 0.356 e. The Hall–Kier alpha value is -1.87. The lowest BCUT2D eigenvalue weighted by atomic mass is 10.0. The van der Waals surface area contributed by atoms with Crippen molar-refractivity contribution >= 4 is 13.7 Å². The zero-order chi connectivity index (χ0) is 16.3. The predicted molar refractivity (Wildman–Crippen MR) is 91.8 cm³/mol. The van der Waals surface area contributed by atoms with Gasteiger partial charge in [-0.15, -0.1) is 0 Å². The first-order valence-corrected chi connectivity index (χ1v) is 9.07. The quantitative estimate of drug-likeness (QED) is 0.748. The molecule has 0 saturated heterocycles. The van der Waals surface area contributed by atoms with Gasteiger partial charge in [0.25, 0.3) is 0 Å². The highest BCUT2D eigenvalue weighted by molar-refractivity contribution is 7.54. The predicted octanol–water partition coefficient (Wildman–Crippen LogP) is 4.66. The molecule has 0 bridgehead atoms. The first-order valence-electron chi connectivity index (χ1n) is 7.46. The van der Waals surface area contributed by atoms with E-state index < -0.39 is 13.4 Å². The van der Waals surface area contributed by atoms with Gasteiger partial charge in [-0.25, -0.2) is 0 Å². The Bertz CT molecular complexity index is 737. The SMILES string of the molecule is COP(=O)(OC)C1c2ccccc2C=CN1Cc1ccccc1. The van der Waals surface area contributed by atoms with Crippen molar-refractivity contribution < 1.29 is 13.6 Å². The van der Waals surface area contributed by atoms with Crippen LogP contribution in [-0.2, 0) is 20.2 Å². The zero-order valence-corrected chi connectivity index (χ0v) is 14.1. The molecule has 0 fully saturated rings. The van der Waals surface area contributed by atoms with E-state index in [0.717, 1.165) is 16.7 Å². The van der Waals surface area contributed by atoms with E-state index in [9.17, 15) is 4.57 Å². The summed E-state index contributed by atoms with van der Waals surface area (Å²) in [5, 5.41) is 0. The molecule has 0 N–H and O–H groups in total. The molecule has 1 aliphatic heterocycles. The second kappa shape index (κ2) is 6.71. The Kier molecular flexibility index (Phi) is 4.67. The lowest BCUT2D eigenvalue weighted by Gasteiger charge is -2.37. The van der Waals surface area contributed by atoms with Gasteiger partial charge in [0.1, 0.15) is 0 Å². The molecule has 0 radical (unpaired) electrons. The molecule has 0 aliphatic carbocycles. The van der Waals surface area contributed by atoms with Crippen LogP contribution < -0.4 is 0 Å². The molecule has 0 saturated carbocycles. The van der Waals surface area contributed by atoms with Gasteiger partial charge >= 0.3 is 7.60 Å². The smallest absolute Gasteiger partial charge is 0.356 e. The fourth-order valence-corrected chi connectivity index (χ4v) is 4.54. The maximum atomic E-state index is 13.1. The summed E-state index contributed by atoms with van der Waals surface area (Å²) in [6, 6.07) is 18.0. The summed E-state index contributed by atoms with van der Waals surface area (Å²) in [6.07, 6.45) is 4.00. The molecule has 1 aliphatic rings. The van der Waals surface area contributed by atoms with Crippen LogP contribution in [-0.4, -0.2) is 19.1 Å². The van der Waals surface area contributed by atoms with E-state index >= 15 is 0 Å². The normalized spacial score (nSPS) is 17.1. The van der Waals surface area contributed by atoms with Crippen LogP contribution in [0.3, 0.4) is 0 Å². The van der Waals surface area contributed by atoms with Crippen LogP contribution in [0.25, 0.3) is 6.08 Å². The van der Waals surface area contributed by atoms with Crippen molar-refractivity contribution in [3.63, 3.8) is 0 Å². The molecule has 0 spiro atoms. The topological polar surface area (TPSA) is 38.8 Å². The molecule has 2 aromatic carbocycles. The summed E-state index contributed by atoms with van der Waals surface area (Å²) in [7, 11) is -0.434. The van der Waals surface area contributed by atoms with Crippen molar-refractivity contribution in [2.75, 3.05) is 14.2 Å². The van der Waals surface area contributed by atoms with E-state index in [1.54, 1.807) is 0 Å². The van der Waals surface area contributed by atoms with Crippen molar-refractivity contribution in [1.29, 1.82) is 0 Å². The van der Waals surface area contributed by atoms with E-state index in [4.69, 9.17) is 9.05 Å². The molecular formula is C18H20NO3P. The molecule has 23 heavy (non-hydrogen) atoms. The maximum absolute atomic E-state index is 13.1. The summed E-state index contributed by atoms with van der Waals surface area (Å²) in [6.45, 7) is 0.632. The highest BCUT2D eigenvalue weighted by atomic mass is 31.2. The van der Waals surface area contributed by atoms with Crippen molar-refractivity contribution in [1.82, 2.24) is 4.90 Å². The van der Waals surface area contributed by atoms with Gasteiger partial charge in [0.2, 0.25) is 0 Å². The molecule has 0 aromatic heterocycles. The highest BCUT2D eigenvalue weighted by Gasteiger charge is 2.41. The number of nitrogens with zero attached hydrogens (tertiary/aromatic N) is 1. The van der Waals surface area contributed by atoms with Gasteiger partial charge in [0.05, 0.1) is 0 Å². The van der Waals surface area contributed by atoms with Gasteiger partial charge in [-0.3, -0.25) is 4.57 Å². The van der Waals surface area contributed by atoms with Crippen LogP contribution in [0.2, 0.25) is 0 Å². The summed E-state index contributed by atoms with van der Waals surface area (Å²) < 4.78 is 23.8. The first-order chi connectivity index (χ1) is 11.2. The van der Waals surface area contributed by atoms with Gasteiger partial charge in [0.15, 0.2) is 5.78 Å². The molecule has 1 heterocycles. The number of rotatable bonds is 5. The van der Waals surface area contributed by atoms with Gasteiger partial charge in [-0.2, -0.15) is 0 Å². The molecule has 1 atom stereocenters. The molecule has 5 heteroatoms. The van der Waals surface area contributed by atoms with Crippen LogP contribution in [0, 0.1) is 0 Å². The molecular weight excluding hydrogens is 309 g/mol. The number of benzene rings is 2. The van der Waals surface area contributed by atoms with Crippen LogP contribution in [0.1, 0.15) is 22.5 Å². The largest absolute Gasteiger partial charge is 0.356 e. The summed E-state index contributed by atoms with van der Waals surface area (Å²) in [5.74, 6) is -0.459. The fraction of sp³-hybridized carbons (Fsp3) is 0.222. The van der Waals surface area contributed by atoms with E-state index in [1.807, 2.05) is 59.6 Å². The summed E-state index contributed by atoms with van der Waals surface area (Å²) >= 11 is 0. The van der Waals surface area contributed by atoms with Crippen LogP contribution in [0.5, 0.6) is 0 Å². The Morgan fingerprint density at radius 2 is 1.65 bits per heavy atom. The molecule has 1 unspecified atom stereocenters. The minimum Gasteiger partial charge on any atom is -0.356 e. The molecule has 2 aromatic rings. The summed E-state index contributed by atoms with van der Waals surface area (Å²) in [4.78, 5) is 2.02. The van der Waals surface area contributed by atoms with E-state index in [-0.39, 0.29) is 0 Å². The van der Waals surface area contributed by atoms with E-state index in [0.29, 0.717) is 6.54 Å². The second-order valence-electron chi connectivity index (χ2n) is 5.38. The van der Waals surface area contributed by atoms with Crippen molar-refractivity contribution in [3.8, 4) is 0 Å². The fourth-order valence-electron chi connectivity index (χ4n) is 2.89. The Labute approximate surface area is 136 Å². The zero-order valence-electron chi connectivity index (χ0n) is 13.3. The van der Waals surface area contributed by atoms with Gasteiger partial charge < -0.3 is 13.9 Å². The third-order valence-electron chi connectivity index (χ3n) is 4.05. The van der Waals surface area contributed by atoms with Crippen LogP contribution >= 0.6 is 7.60 Å². The van der Waals surface area contributed by atoms with Crippen molar-refractivity contribution in [3.05, 3.63) is 77.5 Å². The Balaban J connectivity index is 2.03. The number of hydrogen-bond acceptors (Lipinski definition) is 4. The highest BCUT2D eigenvalue weighted by Crippen LogP contribution is 2.63. The average molecular weight is 329 g/mol. The third kappa shape index (κ3) is 3.11. The molecule has 4 nitrogen and oxygen atoms in total. The van der Waals surface area contributed by atoms with Crippen LogP contribution in [0.4, 0.5) is 0 Å². The summed E-state index contributed by atoms with van der Waals surface area (Å²) in [5.41, 5.74) is 3.13. The van der Waals surface area contributed by atoms with E-state index in [1.165, 1.54) is 14.2 Å². The van der Waals surface area contributed by atoms with Gasteiger partial charge in [0, 0.05) is 27.0 Å². The van der Waals surface area contributed by atoms with Gasteiger partial charge in [-0.05, 0) is 22.8 Å². The van der Waals surface area contributed by atoms with Crippen LogP contribution in [0.15, 0.2) is 60.8 Å². The molecule has 120 valence electrons. The molecule has 0 amide bonds. The lowest BCUT2D eigenvalue weighted by Crippen LogP contribution is -2.27. The standard InChI is InChI=1S/C18H20NO3P/c1-21-23(20,22-2)18-17-11-7-6-10-16(17)12-13-19(18)14-15-8-4-3-5-9-15/h3-13,18H,14H2,1-2H3.